The van der Waals surface area contributed by atoms with Crippen LogP contribution in [-0.4, -0.2) is 60.3 Å². The molecule has 0 spiro atoms. The monoisotopic (exact) mass is 253 g/mol. The van der Waals surface area contributed by atoms with E-state index in [1.54, 1.807) is 11.9 Å². The first-order valence-corrected chi connectivity index (χ1v) is 6.36. The number of amides is 2. The lowest BCUT2D eigenvalue weighted by Gasteiger charge is -2.33. The van der Waals surface area contributed by atoms with E-state index in [-0.39, 0.29) is 17.9 Å². The minimum absolute atomic E-state index is 0.0417. The molecule has 18 heavy (non-hydrogen) atoms. The van der Waals surface area contributed by atoms with Gasteiger partial charge >= 0.3 is 0 Å². The number of ether oxygens (including phenoxy) is 1. The van der Waals surface area contributed by atoms with Crippen molar-refractivity contribution < 1.29 is 14.3 Å². The third-order valence-corrected chi connectivity index (χ3v) is 3.34. The van der Waals surface area contributed by atoms with Crippen LogP contribution < -0.4 is 0 Å². The number of morpholine rings is 1. The number of rotatable bonds is 2. The summed E-state index contributed by atoms with van der Waals surface area (Å²) < 4.78 is 5.53. The Kier molecular flexibility index (Phi) is 3.96. The fraction of sp³-hybridized carbons (Fsp3) is 0.750. The summed E-state index contributed by atoms with van der Waals surface area (Å²) in [5, 5.41) is 5.32. The van der Waals surface area contributed by atoms with Crippen molar-refractivity contribution in [3.8, 4) is 0 Å². The second-order valence-electron chi connectivity index (χ2n) is 4.62. The summed E-state index contributed by atoms with van der Waals surface area (Å²) in [6.45, 7) is 3.84. The Morgan fingerprint density at radius 2 is 2.28 bits per heavy atom. The smallest absolute Gasteiger partial charge is 0.270 e. The zero-order chi connectivity index (χ0) is 13.1. The topological polar surface area (TPSA) is 62.2 Å². The van der Waals surface area contributed by atoms with Gasteiger partial charge in [-0.05, 0) is 6.42 Å². The van der Waals surface area contributed by atoms with E-state index >= 15 is 0 Å². The lowest BCUT2D eigenvalue weighted by molar-refractivity contribution is -0.133. The van der Waals surface area contributed by atoms with E-state index in [1.165, 1.54) is 5.01 Å². The Bertz CT molecular complexity index is 381. The van der Waals surface area contributed by atoms with E-state index in [0.29, 0.717) is 38.2 Å². The fourth-order valence-corrected chi connectivity index (χ4v) is 2.16. The quantitative estimate of drug-likeness (QED) is 0.708. The number of hydrogen-bond donors (Lipinski definition) is 0. The van der Waals surface area contributed by atoms with Crippen LogP contribution in [0.4, 0.5) is 0 Å². The van der Waals surface area contributed by atoms with E-state index in [9.17, 15) is 9.59 Å². The molecule has 0 aliphatic carbocycles. The van der Waals surface area contributed by atoms with Gasteiger partial charge in [-0.25, -0.2) is 5.01 Å². The van der Waals surface area contributed by atoms with Crippen LogP contribution >= 0.6 is 0 Å². The van der Waals surface area contributed by atoms with Crippen LogP contribution in [0.1, 0.15) is 26.2 Å². The second-order valence-corrected chi connectivity index (χ2v) is 4.62. The molecule has 0 aromatic carbocycles. The molecule has 1 saturated heterocycles. The number of hydrogen-bond acceptors (Lipinski definition) is 4. The lowest BCUT2D eigenvalue weighted by atomic mass is 10.1. The summed E-state index contributed by atoms with van der Waals surface area (Å²) in [5.41, 5.74) is 0.480. The van der Waals surface area contributed by atoms with Gasteiger partial charge in [0.05, 0.1) is 12.7 Å². The van der Waals surface area contributed by atoms with Gasteiger partial charge in [-0.2, -0.15) is 5.10 Å². The van der Waals surface area contributed by atoms with Crippen molar-refractivity contribution in [2.24, 2.45) is 5.10 Å². The predicted octanol–water partition coefficient (Wildman–Crippen LogP) is 0.232. The molecule has 0 radical (unpaired) electrons. The maximum Gasteiger partial charge on any atom is 0.270 e. The zero-order valence-corrected chi connectivity index (χ0v) is 10.9. The van der Waals surface area contributed by atoms with Crippen molar-refractivity contribution >= 4 is 17.5 Å². The number of hydrazone groups is 1. The molecule has 1 atom stereocenters. The Labute approximate surface area is 107 Å². The molecule has 0 aromatic heterocycles. The average molecular weight is 253 g/mol. The summed E-state index contributed by atoms with van der Waals surface area (Å²) >= 11 is 0. The van der Waals surface area contributed by atoms with Gasteiger partial charge < -0.3 is 9.64 Å². The Morgan fingerprint density at radius 1 is 1.50 bits per heavy atom. The summed E-state index contributed by atoms with van der Waals surface area (Å²) in [6.07, 6.45) is 1.82. The van der Waals surface area contributed by atoms with Crippen LogP contribution in [0.3, 0.4) is 0 Å². The van der Waals surface area contributed by atoms with Gasteiger partial charge in [-0.1, -0.05) is 6.92 Å². The van der Waals surface area contributed by atoms with Gasteiger partial charge in [-0.15, -0.1) is 0 Å². The molecule has 2 aliphatic heterocycles. The second kappa shape index (κ2) is 5.48. The number of nitrogens with zero attached hydrogens (tertiary/aromatic N) is 3. The van der Waals surface area contributed by atoms with Crippen LogP contribution in [0.25, 0.3) is 0 Å². The number of carbonyl (C=O) groups is 2. The molecule has 0 unspecified atom stereocenters. The molecule has 2 aliphatic rings. The van der Waals surface area contributed by atoms with Gasteiger partial charge in [0.15, 0.2) is 0 Å². The van der Waals surface area contributed by atoms with Gasteiger partial charge in [0.1, 0.15) is 5.71 Å². The van der Waals surface area contributed by atoms with Crippen LogP contribution in [0.15, 0.2) is 5.10 Å². The van der Waals surface area contributed by atoms with Crippen molar-refractivity contribution in [1.29, 1.82) is 0 Å². The zero-order valence-electron chi connectivity index (χ0n) is 10.9. The normalized spacial score (nSPS) is 25.1. The lowest BCUT2D eigenvalue weighted by Crippen LogP contribution is -2.49. The Hall–Kier alpha value is -1.43. The summed E-state index contributed by atoms with van der Waals surface area (Å²) in [6, 6.07) is 0. The third kappa shape index (κ3) is 2.69. The number of carbonyl (C=O) groups excluding carboxylic acids is 2. The highest BCUT2D eigenvalue weighted by Crippen LogP contribution is 2.13. The first kappa shape index (κ1) is 13.0. The Balaban J connectivity index is 2.03. The minimum Gasteiger partial charge on any atom is -0.375 e. The van der Waals surface area contributed by atoms with Crippen LogP contribution in [0, 0.1) is 0 Å². The first-order chi connectivity index (χ1) is 8.61. The van der Waals surface area contributed by atoms with E-state index < -0.39 is 0 Å². The van der Waals surface area contributed by atoms with Crippen LogP contribution in [-0.2, 0) is 14.3 Å². The summed E-state index contributed by atoms with van der Waals surface area (Å²) in [7, 11) is 1.59. The minimum atomic E-state index is -0.0592. The molecule has 6 nitrogen and oxygen atoms in total. The molecular weight excluding hydrogens is 234 g/mol. The van der Waals surface area contributed by atoms with Crippen molar-refractivity contribution in [2.45, 2.75) is 32.3 Å². The highest BCUT2D eigenvalue weighted by atomic mass is 16.5. The summed E-state index contributed by atoms with van der Waals surface area (Å²) in [5.74, 6) is -0.101. The van der Waals surface area contributed by atoms with Crippen molar-refractivity contribution in [1.82, 2.24) is 9.91 Å². The Morgan fingerprint density at radius 3 is 2.94 bits per heavy atom. The first-order valence-electron chi connectivity index (χ1n) is 6.36. The molecule has 6 heteroatoms. The maximum absolute atomic E-state index is 12.3. The maximum atomic E-state index is 12.3. The van der Waals surface area contributed by atoms with Crippen LogP contribution in [0.5, 0.6) is 0 Å². The highest BCUT2D eigenvalue weighted by Gasteiger charge is 2.29. The van der Waals surface area contributed by atoms with Crippen molar-refractivity contribution in [3.05, 3.63) is 0 Å². The van der Waals surface area contributed by atoms with Gasteiger partial charge in [-0.3, -0.25) is 9.59 Å². The highest BCUT2D eigenvalue weighted by molar-refractivity contribution is 6.39. The molecule has 2 heterocycles. The average Bonchev–Trinajstić information content (AvgIpc) is 2.41. The molecule has 0 saturated carbocycles. The molecule has 2 rings (SSSR count). The third-order valence-electron chi connectivity index (χ3n) is 3.34. The largest absolute Gasteiger partial charge is 0.375 e. The molecule has 100 valence electrons. The molecule has 1 fully saturated rings. The van der Waals surface area contributed by atoms with Crippen molar-refractivity contribution in [2.75, 3.05) is 26.7 Å². The predicted molar refractivity (Wildman–Crippen MR) is 66.1 cm³/mol. The standard InChI is InChI=1S/C12H19N3O3/c1-3-9-8-15(6-7-18-9)12(17)10-4-5-11(16)14(2)13-10/h9H,3-8H2,1-2H3/t9-/m1/s1. The molecule has 0 N–H and O–H groups in total. The van der Waals surface area contributed by atoms with E-state index in [0.717, 1.165) is 6.42 Å². The molecule has 2 amide bonds. The molecule has 0 aromatic rings. The van der Waals surface area contributed by atoms with E-state index in [2.05, 4.69) is 5.10 Å². The van der Waals surface area contributed by atoms with Gasteiger partial charge in [0.25, 0.3) is 5.91 Å². The molecule has 0 bridgehead atoms. The van der Waals surface area contributed by atoms with Crippen molar-refractivity contribution in [3.63, 3.8) is 0 Å². The molecular formula is C12H19N3O3. The summed E-state index contributed by atoms with van der Waals surface area (Å²) in [4.78, 5) is 25.4. The van der Waals surface area contributed by atoms with Gasteiger partial charge in [0.2, 0.25) is 5.91 Å². The SMILES string of the molecule is CC[C@@H]1CN(C(=O)C2=NN(C)C(=O)CC2)CCO1. The van der Waals surface area contributed by atoms with E-state index in [4.69, 9.17) is 4.74 Å². The van der Waals surface area contributed by atoms with Gasteiger partial charge in [0, 0.05) is 33.0 Å². The van der Waals surface area contributed by atoms with E-state index in [1.807, 2.05) is 6.92 Å². The van der Waals surface area contributed by atoms with Crippen LogP contribution in [0.2, 0.25) is 0 Å². The fourth-order valence-electron chi connectivity index (χ4n) is 2.16.